The van der Waals surface area contributed by atoms with Crippen LogP contribution >= 0.6 is 11.6 Å². The SMILES string of the molecule is CCCCC1CN(CCCOc2cc3c(Nc4ccc(F)c(Cl)c4)ncnc3cc2OC)CC1C. The average Bonchev–Trinajstić information content (AvgIpc) is 3.21. The Balaban J connectivity index is 1.42. The molecule has 0 aliphatic carbocycles. The lowest BCUT2D eigenvalue weighted by molar-refractivity contribution is 0.249. The highest BCUT2D eigenvalue weighted by Gasteiger charge is 2.28. The first-order valence-corrected chi connectivity index (χ1v) is 12.8. The van der Waals surface area contributed by atoms with Crippen LogP contribution in [0.25, 0.3) is 10.9 Å². The second kappa shape index (κ2) is 11.9. The second-order valence-corrected chi connectivity index (χ2v) is 9.74. The molecule has 3 aromatic rings. The van der Waals surface area contributed by atoms with E-state index in [-0.39, 0.29) is 5.02 Å². The van der Waals surface area contributed by atoms with Crippen LogP contribution in [-0.4, -0.2) is 48.2 Å². The molecule has 2 unspecified atom stereocenters. The predicted octanol–water partition coefficient (Wildman–Crippen LogP) is 6.70. The molecule has 0 amide bonds. The molecule has 1 N–H and O–H groups in total. The van der Waals surface area contributed by atoms with Gasteiger partial charge in [0.15, 0.2) is 11.5 Å². The van der Waals surface area contributed by atoms with Crippen LogP contribution in [-0.2, 0) is 0 Å². The fourth-order valence-corrected chi connectivity index (χ4v) is 4.96. The summed E-state index contributed by atoms with van der Waals surface area (Å²) < 4.78 is 25.3. The zero-order valence-electron chi connectivity index (χ0n) is 20.7. The zero-order valence-corrected chi connectivity index (χ0v) is 21.4. The molecule has 4 rings (SSSR count). The molecule has 35 heavy (non-hydrogen) atoms. The van der Waals surface area contributed by atoms with Crippen LogP contribution in [0, 0.1) is 17.7 Å². The van der Waals surface area contributed by atoms with Crippen LogP contribution in [0.4, 0.5) is 15.9 Å². The van der Waals surface area contributed by atoms with Crippen molar-refractivity contribution in [3.8, 4) is 11.5 Å². The molecule has 1 aliphatic rings. The third-order valence-corrected chi connectivity index (χ3v) is 7.04. The Morgan fingerprint density at radius 2 is 2.00 bits per heavy atom. The Morgan fingerprint density at radius 3 is 2.77 bits per heavy atom. The molecule has 2 atom stereocenters. The Bertz CT molecular complexity index is 1150. The van der Waals surface area contributed by atoms with Gasteiger partial charge in [-0.05, 0) is 48.9 Å². The fourth-order valence-electron chi connectivity index (χ4n) is 4.78. The molecule has 0 bridgehead atoms. The van der Waals surface area contributed by atoms with Gasteiger partial charge in [-0.1, -0.05) is 38.3 Å². The number of benzene rings is 2. The van der Waals surface area contributed by atoms with E-state index in [1.807, 2.05) is 12.1 Å². The molecule has 8 heteroatoms. The number of nitrogens with zero attached hydrogens (tertiary/aromatic N) is 3. The van der Waals surface area contributed by atoms with E-state index >= 15 is 0 Å². The van der Waals surface area contributed by atoms with Gasteiger partial charge in [0.1, 0.15) is 18.0 Å². The maximum atomic E-state index is 13.5. The summed E-state index contributed by atoms with van der Waals surface area (Å²) in [7, 11) is 1.62. The van der Waals surface area contributed by atoms with Crippen molar-refractivity contribution < 1.29 is 13.9 Å². The minimum Gasteiger partial charge on any atom is -0.493 e. The lowest BCUT2D eigenvalue weighted by atomic mass is 9.93. The molecule has 1 saturated heterocycles. The number of hydrogen-bond donors (Lipinski definition) is 1. The maximum absolute atomic E-state index is 13.5. The van der Waals surface area contributed by atoms with Gasteiger partial charge in [-0.15, -0.1) is 0 Å². The topological polar surface area (TPSA) is 59.5 Å². The molecule has 188 valence electrons. The predicted molar refractivity (Wildman–Crippen MR) is 140 cm³/mol. The first kappa shape index (κ1) is 25.5. The highest BCUT2D eigenvalue weighted by Crippen LogP contribution is 2.35. The number of nitrogens with one attached hydrogen (secondary N) is 1. The monoisotopic (exact) mass is 500 g/mol. The van der Waals surface area contributed by atoms with E-state index in [9.17, 15) is 4.39 Å². The number of likely N-dealkylation sites (tertiary alicyclic amines) is 1. The van der Waals surface area contributed by atoms with Crippen molar-refractivity contribution in [1.29, 1.82) is 0 Å². The molecule has 1 fully saturated rings. The van der Waals surface area contributed by atoms with Gasteiger partial charge in [0.25, 0.3) is 0 Å². The molecule has 2 aromatic carbocycles. The van der Waals surface area contributed by atoms with E-state index in [1.165, 1.54) is 50.8 Å². The minimum absolute atomic E-state index is 0.0446. The molecule has 2 heterocycles. The largest absolute Gasteiger partial charge is 0.493 e. The standard InChI is InChI=1S/C27H34ClFN4O2/c1-4-5-7-19-16-33(15-18(19)2)10-6-11-35-26-13-21-24(14-25(26)34-3)30-17-31-27(21)32-20-8-9-23(29)22(28)12-20/h8-9,12-14,17-19H,4-7,10-11,15-16H2,1-3H3,(H,30,31,32). The van der Waals surface area contributed by atoms with Gasteiger partial charge in [-0.25, -0.2) is 14.4 Å². The van der Waals surface area contributed by atoms with Crippen molar-refractivity contribution in [2.24, 2.45) is 11.8 Å². The number of methoxy groups -OCH3 is 1. The average molecular weight is 501 g/mol. The Labute approximate surface area is 211 Å². The van der Waals surface area contributed by atoms with E-state index in [0.29, 0.717) is 35.1 Å². The number of hydrogen-bond acceptors (Lipinski definition) is 6. The Kier molecular flexibility index (Phi) is 8.63. The van der Waals surface area contributed by atoms with Crippen LogP contribution in [0.2, 0.25) is 5.02 Å². The number of anilines is 2. The Morgan fingerprint density at radius 1 is 1.14 bits per heavy atom. The smallest absolute Gasteiger partial charge is 0.162 e. The van der Waals surface area contributed by atoms with Crippen molar-refractivity contribution in [2.75, 3.05) is 38.7 Å². The van der Waals surface area contributed by atoms with Crippen LogP contribution < -0.4 is 14.8 Å². The van der Waals surface area contributed by atoms with Crippen LogP contribution in [0.1, 0.15) is 39.5 Å². The van der Waals surface area contributed by atoms with Gasteiger partial charge >= 0.3 is 0 Å². The van der Waals surface area contributed by atoms with E-state index in [0.717, 1.165) is 30.2 Å². The number of aromatic nitrogens is 2. The lowest BCUT2D eigenvalue weighted by Gasteiger charge is -2.17. The number of unbranched alkanes of at least 4 members (excludes halogenated alkanes) is 1. The molecule has 0 saturated carbocycles. The van der Waals surface area contributed by atoms with Gasteiger partial charge in [0.2, 0.25) is 0 Å². The first-order valence-electron chi connectivity index (χ1n) is 12.4. The van der Waals surface area contributed by atoms with Crippen molar-refractivity contribution in [1.82, 2.24) is 14.9 Å². The van der Waals surface area contributed by atoms with Crippen LogP contribution in [0.5, 0.6) is 11.5 Å². The molecule has 0 spiro atoms. The maximum Gasteiger partial charge on any atom is 0.162 e. The summed E-state index contributed by atoms with van der Waals surface area (Å²) in [5.41, 5.74) is 1.34. The third-order valence-electron chi connectivity index (χ3n) is 6.75. The number of rotatable bonds is 11. The third kappa shape index (κ3) is 6.33. The zero-order chi connectivity index (χ0) is 24.8. The summed E-state index contributed by atoms with van der Waals surface area (Å²) in [6.45, 7) is 8.64. The van der Waals surface area contributed by atoms with E-state index in [4.69, 9.17) is 21.1 Å². The summed E-state index contributed by atoms with van der Waals surface area (Å²) in [5, 5.41) is 4.02. The minimum atomic E-state index is -0.468. The van der Waals surface area contributed by atoms with Crippen LogP contribution in [0.3, 0.4) is 0 Å². The molecular weight excluding hydrogens is 467 g/mol. The van der Waals surface area contributed by atoms with Crippen molar-refractivity contribution >= 4 is 34.0 Å². The van der Waals surface area contributed by atoms with Gasteiger partial charge < -0.3 is 19.7 Å². The molecular formula is C27H34ClFN4O2. The van der Waals surface area contributed by atoms with Crippen molar-refractivity contribution in [3.05, 3.63) is 47.5 Å². The van der Waals surface area contributed by atoms with Crippen LogP contribution in [0.15, 0.2) is 36.7 Å². The van der Waals surface area contributed by atoms with Crippen molar-refractivity contribution in [2.45, 2.75) is 39.5 Å². The Hall–Kier alpha value is -2.64. The summed E-state index contributed by atoms with van der Waals surface area (Å²) >= 11 is 5.93. The number of fused-ring (bicyclic) bond motifs is 1. The van der Waals surface area contributed by atoms with Gasteiger partial charge in [0, 0.05) is 36.8 Å². The highest BCUT2D eigenvalue weighted by atomic mass is 35.5. The number of ether oxygens (including phenoxy) is 2. The van der Waals surface area contributed by atoms with Gasteiger partial charge in [0.05, 0.1) is 24.3 Å². The molecule has 1 aromatic heterocycles. The summed E-state index contributed by atoms with van der Waals surface area (Å²) in [6, 6.07) is 8.19. The summed E-state index contributed by atoms with van der Waals surface area (Å²) in [4.78, 5) is 11.3. The van der Waals surface area contributed by atoms with Gasteiger partial charge in [-0.3, -0.25) is 0 Å². The van der Waals surface area contributed by atoms with Gasteiger partial charge in [-0.2, -0.15) is 0 Å². The van der Waals surface area contributed by atoms with Crippen molar-refractivity contribution in [3.63, 3.8) is 0 Å². The fraction of sp³-hybridized carbons (Fsp3) is 0.481. The van der Waals surface area contributed by atoms with E-state index in [1.54, 1.807) is 13.2 Å². The summed E-state index contributed by atoms with van der Waals surface area (Å²) in [6.07, 6.45) is 6.34. The van der Waals surface area contributed by atoms with E-state index in [2.05, 4.69) is 34.0 Å². The number of halogens is 2. The lowest BCUT2D eigenvalue weighted by Crippen LogP contribution is -2.23. The second-order valence-electron chi connectivity index (χ2n) is 9.34. The summed E-state index contributed by atoms with van der Waals surface area (Å²) in [5.74, 6) is 2.97. The highest BCUT2D eigenvalue weighted by molar-refractivity contribution is 6.31. The molecule has 6 nitrogen and oxygen atoms in total. The first-order chi connectivity index (χ1) is 17.0. The normalized spacial score (nSPS) is 18.2. The molecule has 0 radical (unpaired) electrons. The van der Waals surface area contributed by atoms with E-state index < -0.39 is 5.82 Å². The quantitative estimate of drug-likeness (QED) is 0.295. The molecule has 1 aliphatic heterocycles.